The second kappa shape index (κ2) is 4.21. The predicted octanol–water partition coefficient (Wildman–Crippen LogP) is 1.11. The minimum absolute atomic E-state index is 0.324. The summed E-state index contributed by atoms with van der Waals surface area (Å²) in [6, 6.07) is 5.37. The van der Waals surface area contributed by atoms with Gasteiger partial charge in [0.05, 0.1) is 7.11 Å². The number of rotatable bonds is 2. The van der Waals surface area contributed by atoms with E-state index < -0.39 is 0 Å². The zero-order valence-electron chi connectivity index (χ0n) is 6.66. The second-order valence-corrected chi connectivity index (χ2v) is 2.67. The number of pyridine rings is 1. The summed E-state index contributed by atoms with van der Waals surface area (Å²) in [5, 5.41) is 0. The Morgan fingerprint density at radius 1 is 1.67 bits per heavy atom. The van der Waals surface area contributed by atoms with Gasteiger partial charge in [0.15, 0.2) is 6.20 Å². The first-order valence-corrected chi connectivity index (χ1v) is 4.54. The Morgan fingerprint density at radius 3 is 3.00 bits per heavy atom. The lowest BCUT2D eigenvalue weighted by atomic mass is 10.3. The molecule has 0 N–H and O–H groups in total. The average molecular weight is 231 g/mol. The van der Waals surface area contributed by atoms with Crippen LogP contribution in [0.3, 0.4) is 0 Å². The quantitative estimate of drug-likeness (QED) is 0.433. The number of carbonyl (C=O) groups excluding carboxylic acids is 1. The molecule has 3 nitrogen and oxygen atoms in total. The molecule has 0 saturated carbocycles. The Balaban J connectivity index is 3.04. The second-order valence-electron chi connectivity index (χ2n) is 2.17. The van der Waals surface area contributed by atoms with Crippen molar-refractivity contribution in [2.75, 3.05) is 7.11 Å². The van der Waals surface area contributed by atoms with Crippen LogP contribution < -0.4 is 4.57 Å². The number of nitrogens with zero attached hydrogens (tertiary/aromatic N) is 1. The molecule has 0 unspecified atom stereocenters. The number of methoxy groups -OCH3 is 1. The van der Waals surface area contributed by atoms with Gasteiger partial charge in [-0.25, -0.2) is 4.79 Å². The lowest BCUT2D eigenvalue weighted by molar-refractivity contribution is -0.676. The summed E-state index contributed by atoms with van der Waals surface area (Å²) in [6.07, 6.45) is 1.81. The number of esters is 1. The van der Waals surface area contributed by atoms with Crippen LogP contribution in [0, 0.1) is 0 Å². The van der Waals surface area contributed by atoms with E-state index in [2.05, 4.69) is 20.7 Å². The monoisotopic (exact) mass is 230 g/mol. The number of halogens is 1. The molecule has 0 aliphatic rings. The Hall–Kier alpha value is -0.900. The molecule has 0 amide bonds. The number of ether oxygens (including phenoxy) is 1. The molecule has 0 spiro atoms. The smallest absolute Gasteiger partial charge is 0.403 e. The maximum absolute atomic E-state index is 11.1. The highest BCUT2D eigenvalue weighted by molar-refractivity contribution is 9.08. The van der Waals surface area contributed by atoms with Gasteiger partial charge in [-0.1, -0.05) is 0 Å². The summed E-state index contributed by atoms with van der Waals surface area (Å²) in [6.45, 7) is 0. The Bertz CT molecular complexity index is 288. The number of carbonyl (C=O) groups is 1. The van der Waals surface area contributed by atoms with Gasteiger partial charge in [0.2, 0.25) is 5.45 Å². The Morgan fingerprint density at radius 2 is 2.42 bits per heavy atom. The van der Waals surface area contributed by atoms with Crippen LogP contribution in [0.1, 0.15) is 10.5 Å². The molecule has 0 aliphatic carbocycles. The van der Waals surface area contributed by atoms with Crippen molar-refractivity contribution in [3.05, 3.63) is 30.1 Å². The van der Waals surface area contributed by atoms with Crippen molar-refractivity contribution in [1.29, 1.82) is 0 Å². The third-order valence-electron chi connectivity index (χ3n) is 1.46. The van der Waals surface area contributed by atoms with Gasteiger partial charge in [-0.2, -0.15) is 4.57 Å². The van der Waals surface area contributed by atoms with E-state index in [0.717, 1.165) is 0 Å². The molecular formula is C8H9BrNO2+. The van der Waals surface area contributed by atoms with Crippen molar-refractivity contribution < 1.29 is 14.1 Å². The fourth-order valence-electron chi connectivity index (χ4n) is 0.870. The maximum Gasteiger partial charge on any atom is 0.403 e. The Labute approximate surface area is 79.1 Å². The fraction of sp³-hybridized carbons (Fsp3) is 0.250. The minimum atomic E-state index is -0.324. The van der Waals surface area contributed by atoms with Crippen molar-refractivity contribution in [2.45, 2.75) is 5.45 Å². The molecule has 12 heavy (non-hydrogen) atoms. The molecule has 64 valence electrons. The first-order valence-electron chi connectivity index (χ1n) is 3.42. The van der Waals surface area contributed by atoms with Crippen LogP contribution in [0.15, 0.2) is 24.4 Å². The van der Waals surface area contributed by atoms with Gasteiger partial charge in [0.1, 0.15) is 0 Å². The van der Waals surface area contributed by atoms with Crippen molar-refractivity contribution >= 4 is 21.9 Å². The maximum atomic E-state index is 11.1. The van der Waals surface area contributed by atoms with E-state index in [1.165, 1.54) is 7.11 Å². The highest BCUT2D eigenvalue weighted by Crippen LogP contribution is 1.95. The van der Waals surface area contributed by atoms with E-state index in [-0.39, 0.29) is 5.97 Å². The molecule has 1 heterocycles. The highest BCUT2D eigenvalue weighted by atomic mass is 79.9. The SMILES string of the molecule is COC(=O)c1cccc[n+]1CBr. The van der Waals surface area contributed by atoms with E-state index in [1.807, 2.05) is 6.07 Å². The average Bonchev–Trinajstić information content (AvgIpc) is 2.16. The molecule has 1 rings (SSSR count). The van der Waals surface area contributed by atoms with Gasteiger partial charge in [0.25, 0.3) is 5.69 Å². The van der Waals surface area contributed by atoms with E-state index in [1.54, 1.807) is 22.9 Å². The van der Waals surface area contributed by atoms with Crippen molar-refractivity contribution in [1.82, 2.24) is 0 Å². The first kappa shape index (κ1) is 9.19. The van der Waals surface area contributed by atoms with Crippen LogP contribution in [0.4, 0.5) is 0 Å². The normalized spacial score (nSPS) is 9.50. The van der Waals surface area contributed by atoms with E-state index in [9.17, 15) is 4.79 Å². The molecular weight excluding hydrogens is 222 g/mol. The van der Waals surface area contributed by atoms with Crippen molar-refractivity contribution in [3.63, 3.8) is 0 Å². The van der Waals surface area contributed by atoms with Crippen LogP contribution in [0.5, 0.6) is 0 Å². The molecule has 0 aromatic carbocycles. The summed E-state index contributed by atoms with van der Waals surface area (Å²) < 4.78 is 6.35. The molecule has 1 aromatic rings. The van der Waals surface area contributed by atoms with Crippen LogP contribution >= 0.6 is 15.9 Å². The zero-order valence-corrected chi connectivity index (χ0v) is 8.24. The Kier molecular flexibility index (Phi) is 3.22. The summed E-state index contributed by atoms with van der Waals surface area (Å²) in [7, 11) is 1.37. The summed E-state index contributed by atoms with van der Waals surface area (Å²) >= 11 is 3.26. The number of hydrogen-bond acceptors (Lipinski definition) is 2. The van der Waals surface area contributed by atoms with Crippen LogP contribution in [0.25, 0.3) is 0 Å². The highest BCUT2D eigenvalue weighted by Gasteiger charge is 2.17. The standard InChI is InChI=1S/C8H9BrNO2/c1-12-8(11)7-4-2-3-5-10(7)6-9/h2-5H,6H2,1H3/q+1. The molecule has 0 saturated heterocycles. The molecule has 4 heteroatoms. The van der Waals surface area contributed by atoms with Crippen LogP contribution in [-0.4, -0.2) is 13.1 Å². The molecule has 0 radical (unpaired) electrons. The summed E-state index contributed by atoms with van der Waals surface area (Å²) in [4.78, 5) is 11.1. The van der Waals surface area contributed by atoms with E-state index >= 15 is 0 Å². The third-order valence-corrected chi connectivity index (χ3v) is 2.00. The van der Waals surface area contributed by atoms with Gasteiger partial charge in [-0.05, 0) is 22.0 Å². The van der Waals surface area contributed by atoms with Crippen LogP contribution in [-0.2, 0) is 10.2 Å². The first-order chi connectivity index (χ1) is 5.79. The van der Waals surface area contributed by atoms with Gasteiger partial charge >= 0.3 is 5.97 Å². The molecule has 0 aliphatic heterocycles. The van der Waals surface area contributed by atoms with Crippen molar-refractivity contribution in [2.24, 2.45) is 0 Å². The lowest BCUT2D eigenvalue weighted by Gasteiger charge is -1.97. The van der Waals surface area contributed by atoms with Gasteiger partial charge < -0.3 is 4.74 Å². The lowest BCUT2D eigenvalue weighted by Crippen LogP contribution is -2.38. The number of aromatic nitrogens is 1. The molecule has 0 atom stereocenters. The van der Waals surface area contributed by atoms with Gasteiger partial charge in [-0.15, -0.1) is 0 Å². The summed E-state index contributed by atoms with van der Waals surface area (Å²) in [5.74, 6) is -0.324. The van der Waals surface area contributed by atoms with Gasteiger partial charge in [0, 0.05) is 12.1 Å². The number of alkyl halides is 1. The van der Waals surface area contributed by atoms with Crippen LogP contribution in [0.2, 0.25) is 0 Å². The predicted molar refractivity (Wildman–Crippen MR) is 46.9 cm³/mol. The van der Waals surface area contributed by atoms with Gasteiger partial charge in [-0.3, -0.25) is 0 Å². The zero-order chi connectivity index (χ0) is 8.97. The largest absolute Gasteiger partial charge is 0.461 e. The van der Waals surface area contributed by atoms with Crippen molar-refractivity contribution in [3.8, 4) is 0 Å². The van der Waals surface area contributed by atoms with E-state index in [4.69, 9.17) is 0 Å². The third kappa shape index (κ3) is 1.82. The molecule has 1 aromatic heterocycles. The molecule has 0 fully saturated rings. The summed E-state index contributed by atoms with van der Waals surface area (Å²) in [5.41, 5.74) is 1.12. The minimum Gasteiger partial charge on any atom is -0.461 e. The topological polar surface area (TPSA) is 30.2 Å². The van der Waals surface area contributed by atoms with E-state index in [0.29, 0.717) is 11.1 Å². The number of hydrogen-bond donors (Lipinski definition) is 0. The fourth-order valence-corrected chi connectivity index (χ4v) is 1.31. The molecule has 0 bridgehead atoms.